The molecule has 0 heterocycles. The number of halogens is 3. The van der Waals surface area contributed by atoms with E-state index in [0.717, 1.165) is 0 Å². The third-order valence-electron chi connectivity index (χ3n) is 2.71. The number of carboxylic acids is 1. The van der Waals surface area contributed by atoms with Crippen LogP contribution in [-0.2, 0) is 16.1 Å². The monoisotopic (exact) mass is 321 g/mol. The molecule has 3 N–H and O–H groups in total. The molecule has 1 aromatic carbocycles. The molecule has 0 saturated heterocycles. The van der Waals surface area contributed by atoms with Crippen molar-refractivity contribution in [3.8, 4) is 0 Å². The fourth-order valence-corrected chi connectivity index (χ4v) is 1.51. The van der Waals surface area contributed by atoms with E-state index in [1.807, 2.05) is 0 Å². The van der Waals surface area contributed by atoms with Gasteiger partial charge in [0.2, 0.25) is 0 Å². The molecular formula is C13H14F3NO5. The van der Waals surface area contributed by atoms with Crippen LogP contribution in [0.2, 0.25) is 0 Å². The number of rotatable bonds is 6. The lowest BCUT2D eigenvalue weighted by Gasteiger charge is -2.28. The zero-order valence-corrected chi connectivity index (χ0v) is 11.3. The quantitative estimate of drug-likeness (QED) is 0.741. The molecule has 0 spiro atoms. The van der Waals surface area contributed by atoms with Gasteiger partial charge in [-0.1, -0.05) is 30.3 Å². The van der Waals surface area contributed by atoms with Crippen molar-refractivity contribution in [1.82, 2.24) is 5.32 Å². The number of hydrogen-bond acceptors (Lipinski definition) is 4. The molecule has 1 rings (SSSR count). The predicted molar refractivity (Wildman–Crippen MR) is 67.9 cm³/mol. The lowest BCUT2D eigenvalue weighted by molar-refractivity contribution is -0.259. The van der Waals surface area contributed by atoms with E-state index in [2.05, 4.69) is 4.74 Å². The summed E-state index contributed by atoms with van der Waals surface area (Å²) in [5, 5.41) is 19.5. The second-order valence-electron chi connectivity index (χ2n) is 4.52. The second-order valence-corrected chi connectivity index (χ2v) is 4.52. The van der Waals surface area contributed by atoms with Crippen LogP contribution in [0.5, 0.6) is 0 Å². The van der Waals surface area contributed by atoms with Gasteiger partial charge in [0.15, 0.2) is 5.60 Å². The van der Waals surface area contributed by atoms with Gasteiger partial charge in [0, 0.05) is 0 Å². The van der Waals surface area contributed by atoms with Crippen LogP contribution >= 0.6 is 0 Å². The normalized spacial score (nSPS) is 14.0. The lowest BCUT2D eigenvalue weighted by atomic mass is 9.99. The number of alkyl carbamates (subject to hydrolysis) is 1. The highest BCUT2D eigenvalue weighted by molar-refractivity contribution is 5.69. The van der Waals surface area contributed by atoms with Crippen LogP contribution in [0.25, 0.3) is 0 Å². The molecule has 0 radical (unpaired) electrons. The van der Waals surface area contributed by atoms with Gasteiger partial charge in [-0.05, 0) is 5.56 Å². The van der Waals surface area contributed by atoms with Crippen LogP contribution in [0.4, 0.5) is 18.0 Å². The van der Waals surface area contributed by atoms with E-state index in [1.54, 1.807) is 35.6 Å². The Labute approximate surface area is 123 Å². The third-order valence-corrected chi connectivity index (χ3v) is 2.71. The molecule has 0 aliphatic carbocycles. The van der Waals surface area contributed by atoms with Gasteiger partial charge in [-0.3, -0.25) is 4.79 Å². The number of amides is 1. The van der Waals surface area contributed by atoms with E-state index < -0.39 is 36.8 Å². The maximum atomic E-state index is 12.7. The van der Waals surface area contributed by atoms with E-state index >= 15 is 0 Å². The van der Waals surface area contributed by atoms with Crippen LogP contribution in [0, 0.1) is 0 Å². The molecule has 122 valence electrons. The molecule has 1 amide bonds. The summed E-state index contributed by atoms with van der Waals surface area (Å²) in [5.41, 5.74) is -2.95. The SMILES string of the molecule is O=C(O)C[C@](O)(CNC(=O)OCc1ccccc1)C(F)(F)F. The summed E-state index contributed by atoms with van der Waals surface area (Å²) in [6.45, 7) is -1.49. The first-order valence-electron chi connectivity index (χ1n) is 6.09. The van der Waals surface area contributed by atoms with E-state index in [0.29, 0.717) is 5.56 Å². The first-order chi connectivity index (χ1) is 10.1. The Bertz CT molecular complexity index is 520. The van der Waals surface area contributed by atoms with Crippen LogP contribution in [0.3, 0.4) is 0 Å². The number of carboxylic acid groups (broad SMARTS) is 1. The molecule has 0 aliphatic heterocycles. The molecule has 0 bridgehead atoms. The van der Waals surface area contributed by atoms with Crippen molar-refractivity contribution in [2.24, 2.45) is 0 Å². The number of hydrogen-bond donors (Lipinski definition) is 3. The highest BCUT2D eigenvalue weighted by atomic mass is 19.4. The smallest absolute Gasteiger partial charge is 0.419 e. The van der Waals surface area contributed by atoms with Gasteiger partial charge in [0.05, 0.1) is 13.0 Å². The summed E-state index contributed by atoms with van der Waals surface area (Å²) in [4.78, 5) is 21.7. The van der Waals surface area contributed by atoms with Gasteiger partial charge < -0.3 is 20.3 Å². The lowest BCUT2D eigenvalue weighted by Crippen LogP contribution is -2.54. The predicted octanol–water partition coefficient (Wildman–Crippen LogP) is 1.68. The highest BCUT2D eigenvalue weighted by Crippen LogP contribution is 2.32. The van der Waals surface area contributed by atoms with Crippen molar-refractivity contribution in [2.75, 3.05) is 6.54 Å². The number of carbonyl (C=O) groups excluding carboxylic acids is 1. The molecule has 0 aliphatic rings. The number of ether oxygens (including phenoxy) is 1. The second kappa shape index (κ2) is 7.12. The van der Waals surface area contributed by atoms with Crippen molar-refractivity contribution in [3.63, 3.8) is 0 Å². The van der Waals surface area contributed by atoms with Crippen molar-refractivity contribution >= 4 is 12.1 Å². The Morgan fingerprint density at radius 3 is 2.27 bits per heavy atom. The summed E-state index contributed by atoms with van der Waals surface area (Å²) in [7, 11) is 0. The van der Waals surface area contributed by atoms with E-state index in [9.17, 15) is 27.9 Å². The Kier molecular flexibility index (Phi) is 5.75. The number of aliphatic hydroxyl groups is 1. The van der Waals surface area contributed by atoms with E-state index in [1.165, 1.54) is 0 Å². The number of benzene rings is 1. The molecule has 6 nitrogen and oxygen atoms in total. The van der Waals surface area contributed by atoms with Gasteiger partial charge in [0.1, 0.15) is 6.61 Å². The van der Waals surface area contributed by atoms with Crippen LogP contribution in [-0.4, -0.2) is 40.6 Å². The van der Waals surface area contributed by atoms with Gasteiger partial charge in [-0.15, -0.1) is 0 Å². The maximum absolute atomic E-state index is 12.7. The molecule has 0 fully saturated rings. The summed E-state index contributed by atoms with van der Waals surface area (Å²) in [6, 6.07) is 8.39. The fourth-order valence-electron chi connectivity index (χ4n) is 1.51. The van der Waals surface area contributed by atoms with Crippen molar-refractivity contribution in [2.45, 2.75) is 24.8 Å². The van der Waals surface area contributed by atoms with Crippen LogP contribution < -0.4 is 5.32 Å². The molecule has 0 aromatic heterocycles. The number of carbonyl (C=O) groups is 2. The van der Waals surface area contributed by atoms with Crippen molar-refractivity contribution in [3.05, 3.63) is 35.9 Å². The molecule has 1 atom stereocenters. The number of alkyl halides is 3. The zero-order valence-electron chi connectivity index (χ0n) is 11.3. The third kappa shape index (κ3) is 5.24. The van der Waals surface area contributed by atoms with Crippen LogP contribution in [0.1, 0.15) is 12.0 Å². The molecule has 0 unspecified atom stereocenters. The fraction of sp³-hybridized carbons (Fsp3) is 0.385. The largest absolute Gasteiger partial charge is 0.481 e. The minimum absolute atomic E-state index is 0.171. The Hall–Kier alpha value is -2.29. The average molecular weight is 321 g/mol. The minimum atomic E-state index is -5.21. The Balaban J connectivity index is 2.54. The summed E-state index contributed by atoms with van der Waals surface area (Å²) < 4.78 is 42.6. The van der Waals surface area contributed by atoms with Crippen molar-refractivity contribution in [1.29, 1.82) is 0 Å². The minimum Gasteiger partial charge on any atom is -0.481 e. The molecule has 1 aromatic rings. The maximum Gasteiger partial charge on any atom is 0.419 e. The first-order valence-corrected chi connectivity index (χ1v) is 6.09. The number of nitrogens with one attached hydrogen (secondary N) is 1. The topological polar surface area (TPSA) is 95.9 Å². The van der Waals surface area contributed by atoms with Crippen molar-refractivity contribution < 1.29 is 37.7 Å². The van der Waals surface area contributed by atoms with Gasteiger partial charge in [0.25, 0.3) is 0 Å². The molecule has 9 heteroatoms. The summed E-state index contributed by atoms with van der Waals surface area (Å²) in [6.07, 6.45) is -8.00. The average Bonchev–Trinajstić information content (AvgIpc) is 2.42. The Morgan fingerprint density at radius 2 is 1.77 bits per heavy atom. The van der Waals surface area contributed by atoms with Gasteiger partial charge in [-0.2, -0.15) is 13.2 Å². The molecular weight excluding hydrogens is 307 g/mol. The van der Waals surface area contributed by atoms with Gasteiger partial charge in [-0.25, -0.2) is 4.79 Å². The molecule has 0 saturated carbocycles. The van der Waals surface area contributed by atoms with Gasteiger partial charge >= 0.3 is 18.2 Å². The standard InChI is InChI=1S/C13H14F3NO5/c14-13(15,16)12(21,6-10(18)19)8-17-11(20)22-7-9-4-2-1-3-5-9/h1-5,21H,6-8H2,(H,17,20)(H,18,19)/t12-/m0/s1. The summed E-state index contributed by atoms with van der Waals surface area (Å²) in [5.74, 6) is -1.85. The first kappa shape index (κ1) is 17.8. The molecule has 22 heavy (non-hydrogen) atoms. The Morgan fingerprint density at radius 1 is 1.18 bits per heavy atom. The van der Waals surface area contributed by atoms with E-state index in [-0.39, 0.29) is 6.61 Å². The number of aliphatic carboxylic acids is 1. The highest BCUT2D eigenvalue weighted by Gasteiger charge is 2.55. The van der Waals surface area contributed by atoms with Crippen LogP contribution in [0.15, 0.2) is 30.3 Å². The zero-order chi connectivity index (χ0) is 16.8. The van der Waals surface area contributed by atoms with E-state index in [4.69, 9.17) is 5.11 Å². The summed E-state index contributed by atoms with van der Waals surface area (Å²) >= 11 is 0.